The van der Waals surface area contributed by atoms with Gasteiger partial charge in [0.25, 0.3) is 0 Å². The van der Waals surface area contributed by atoms with Gasteiger partial charge in [0.05, 0.1) is 18.8 Å². The molecule has 0 spiro atoms. The number of benzene rings is 1. The third kappa shape index (κ3) is 3.79. The van der Waals surface area contributed by atoms with Crippen LogP contribution in [-0.2, 0) is 16.2 Å². The first kappa shape index (κ1) is 13.5. The summed E-state index contributed by atoms with van der Waals surface area (Å²) in [4.78, 5) is 18.6. The predicted octanol–water partition coefficient (Wildman–Crippen LogP) is 1.14. The predicted molar refractivity (Wildman–Crippen MR) is 73.5 cm³/mol. The van der Waals surface area contributed by atoms with Gasteiger partial charge in [-0.3, -0.25) is 4.79 Å². The second kappa shape index (κ2) is 6.89. The van der Waals surface area contributed by atoms with E-state index in [2.05, 4.69) is 5.16 Å². The molecule has 0 radical (unpaired) electrons. The van der Waals surface area contributed by atoms with E-state index >= 15 is 0 Å². The van der Waals surface area contributed by atoms with Gasteiger partial charge in [0, 0.05) is 6.54 Å². The van der Waals surface area contributed by atoms with Gasteiger partial charge in [0.2, 0.25) is 5.91 Å². The highest BCUT2D eigenvalue weighted by molar-refractivity contribution is 5.82. The van der Waals surface area contributed by atoms with Crippen molar-refractivity contribution in [1.29, 1.82) is 0 Å². The number of amides is 1. The van der Waals surface area contributed by atoms with Crippen LogP contribution < -0.4 is 5.73 Å². The monoisotopic (exact) mass is 261 g/mol. The molecule has 1 fully saturated rings. The normalized spacial score (nSPS) is 19.0. The van der Waals surface area contributed by atoms with Gasteiger partial charge < -0.3 is 15.5 Å². The zero-order valence-electron chi connectivity index (χ0n) is 10.9. The lowest BCUT2D eigenvalue weighted by molar-refractivity contribution is -0.129. The molecule has 102 valence electrons. The second-order valence-corrected chi connectivity index (χ2v) is 4.51. The highest BCUT2D eigenvalue weighted by Gasteiger charge is 2.26. The zero-order chi connectivity index (χ0) is 13.5. The Balaban J connectivity index is 1.80. The van der Waals surface area contributed by atoms with Gasteiger partial charge in [-0.25, -0.2) is 0 Å². The highest BCUT2D eigenvalue weighted by Crippen LogP contribution is 2.15. The molecule has 1 aliphatic rings. The SMILES string of the molecule is NCC(=O)N1CCCC1C=NOCc1ccccc1. The number of carbonyl (C=O) groups is 1. The average Bonchev–Trinajstić information content (AvgIpc) is 2.92. The summed E-state index contributed by atoms with van der Waals surface area (Å²) in [5.74, 6) is -0.0305. The Morgan fingerprint density at radius 3 is 3.00 bits per heavy atom. The van der Waals surface area contributed by atoms with Crippen molar-refractivity contribution in [3.63, 3.8) is 0 Å². The molecular formula is C14H19N3O2. The van der Waals surface area contributed by atoms with Crippen molar-refractivity contribution in [2.45, 2.75) is 25.5 Å². The number of oxime groups is 1. The number of nitrogens with two attached hydrogens (primary N) is 1. The van der Waals surface area contributed by atoms with Crippen LogP contribution in [0, 0.1) is 0 Å². The van der Waals surface area contributed by atoms with E-state index in [0.717, 1.165) is 24.9 Å². The Morgan fingerprint density at radius 1 is 1.47 bits per heavy atom. The molecule has 5 nitrogen and oxygen atoms in total. The number of likely N-dealkylation sites (tertiary alicyclic amines) is 1. The standard InChI is InChI=1S/C14H19N3O2/c15-9-14(18)17-8-4-7-13(17)10-16-19-11-12-5-2-1-3-6-12/h1-3,5-6,10,13H,4,7-9,11,15H2. The van der Waals surface area contributed by atoms with Crippen LogP contribution in [0.4, 0.5) is 0 Å². The largest absolute Gasteiger partial charge is 0.391 e. The lowest BCUT2D eigenvalue weighted by Crippen LogP contribution is -2.40. The fraction of sp³-hybridized carbons (Fsp3) is 0.429. The van der Waals surface area contributed by atoms with Crippen LogP contribution in [0.15, 0.2) is 35.5 Å². The maximum absolute atomic E-state index is 11.6. The molecule has 2 N–H and O–H groups in total. The third-order valence-corrected chi connectivity index (χ3v) is 3.18. The van der Waals surface area contributed by atoms with Crippen molar-refractivity contribution < 1.29 is 9.63 Å². The summed E-state index contributed by atoms with van der Waals surface area (Å²) < 4.78 is 0. The van der Waals surface area contributed by atoms with Crippen LogP contribution in [0.1, 0.15) is 18.4 Å². The first-order valence-electron chi connectivity index (χ1n) is 6.50. The fourth-order valence-corrected chi connectivity index (χ4v) is 2.17. The van der Waals surface area contributed by atoms with E-state index in [4.69, 9.17) is 10.6 Å². The van der Waals surface area contributed by atoms with E-state index in [1.807, 2.05) is 30.3 Å². The number of nitrogens with zero attached hydrogens (tertiary/aromatic N) is 2. The van der Waals surface area contributed by atoms with Gasteiger partial charge in [-0.05, 0) is 18.4 Å². The van der Waals surface area contributed by atoms with E-state index in [1.54, 1.807) is 11.1 Å². The lowest BCUT2D eigenvalue weighted by atomic mass is 10.2. The molecule has 1 aliphatic heterocycles. The fourth-order valence-electron chi connectivity index (χ4n) is 2.17. The summed E-state index contributed by atoms with van der Waals surface area (Å²) in [6.45, 7) is 1.25. The van der Waals surface area contributed by atoms with E-state index in [9.17, 15) is 4.79 Å². The molecule has 2 rings (SSSR count). The Labute approximate surface area is 113 Å². The molecule has 1 amide bonds. The van der Waals surface area contributed by atoms with Crippen molar-refractivity contribution in [2.24, 2.45) is 10.9 Å². The number of hydrogen-bond acceptors (Lipinski definition) is 4. The number of hydrogen-bond donors (Lipinski definition) is 1. The Bertz CT molecular complexity index is 434. The van der Waals surface area contributed by atoms with Crippen LogP contribution in [-0.4, -0.2) is 36.2 Å². The van der Waals surface area contributed by atoms with Crippen molar-refractivity contribution in [3.8, 4) is 0 Å². The van der Waals surface area contributed by atoms with Crippen molar-refractivity contribution in [3.05, 3.63) is 35.9 Å². The van der Waals surface area contributed by atoms with Gasteiger partial charge in [0.15, 0.2) is 0 Å². The summed E-state index contributed by atoms with van der Waals surface area (Å²) in [7, 11) is 0. The van der Waals surface area contributed by atoms with Gasteiger partial charge in [-0.15, -0.1) is 0 Å². The minimum atomic E-state index is -0.0305. The van der Waals surface area contributed by atoms with Crippen LogP contribution in [0.3, 0.4) is 0 Å². The molecule has 1 atom stereocenters. The second-order valence-electron chi connectivity index (χ2n) is 4.51. The minimum Gasteiger partial charge on any atom is -0.391 e. The lowest BCUT2D eigenvalue weighted by Gasteiger charge is -2.20. The summed E-state index contributed by atoms with van der Waals surface area (Å²) in [6, 6.07) is 9.86. The Hall–Kier alpha value is -1.88. The Morgan fingerprint density at radius 2 is 2.26 bits per heavy atom. The molecule has 0 saturated carbocycles. The highest BCUT2D eigenvalue weighted by atomic mass is 16.6. The number of carbonyl (C=O) groups excluding carboxylic acids is 1. The van der Waals surface area contributed by atoms with Crippen LogP contribution in [0.25, 0.3) is 0 Å². The maximum atomic E-state index is 11.6. The molecular weight excluding hydrogens is 242 g/mol. The van der Waals surface area contributed by atoms with Gasteiger partial charge >= 0.3 is 0 Å². The van der Waals surface area contributed by atoms with E-state index < -0.39 is 0 Å². The quantitative estimate of drug-likeness (QED) is 0.638. The van der Waals surface area contributed by atoms with Gasteiger partial charge in [-0.1, -0.05) is 35.5 Å². The molecule has 19 heavy (non-hydrogen) atoms. The molecule has 1 aromatic rings. The van der Waals surface area contributed by atoms with Gasteiger partial charge in [-0.2, -0.15) is 0 Å². The van der Waals surface area contributed by atoms with Crippen LogP contribution in [0.5, 0.6) is 0 Å². The summed E-state index contributed by atoms with van der Waals surface area (Å²) in [5, 5.41) is 3.96. The molecule has 1 heterocycles. The molecule has 0 aromatic heterocycles. The maximum Gasteiger partial charge on any atom is 0.236 e. The van der Waals surface area contributed by atoms with Gasteiger partial charge in [0.1, 0.15) is 6.61 Å². The average molecular weight is 261 g/mol. The van der Waals surface area contributed by atoms with Crippen molar-refractivity contribution in [1.82, 2.24) is 4.90 Å². The molecule has 1 unspecified atom stereocenters. The summed E-state index contributed by atoms with van der Waals surface area (Å²) >= 11 is 0. The van der Waals surface area contributed by atoms with Crippen LogP contribution >= 0.6 is 0 Å². The minimum absolute atomic E-state index is 0.0202. The van der Waals surface area contributed by atoms with E-state index in [0.29, 0.717) is 6.61 Å². The zero-order valence-corrected chi connectivity index (χ0v) is 10.9. The summed E-state index contributed by atoms with van der Waals surface area (Å²) in [6.07, 6.45) is 3.61. The number of rotatable bonds is 5. The molecule has 0 aliphatic carbocycles. The molecule has 5 heteroatoms. The van der Waals surface area contributed by atoms with Crippen molar-refractivity contribution >= 4 is 12.1 Å². The van der Waals surface area contributed by atoms with E-state index in [-0.39, 0.29) is 18.5 Å². The third-order valence-electron chi connectivity index (χ3n) is 3.18. The van der Waals surface area contributed by atoms with Crippen molar-refractivity contribution in [2.75, 3.05) is 13.1 Å². The first-order valence-corrected chi connectivity index (χ1v) is 6.50. The molecule has 1 aromatic carbocycles. The smallest absolute Gasteiger partial charge is 0.236 e. The first-order chi connectivity index (χ1) is 9.31. The summed E-state index contributed by atoms with van der Waals surface area (Å²) in [5.41, 5.74) is 6.45. The molecule has 1 saturated heterocycles. The molecule has 0 bridgehead atoms. The van der Waals surface area contributed by atoms with Crippen LogP contribution in [0.2, 0.25) is 0 Å². The van der Waals surface area contributed by atoms with E-state index in [1.165, 1.54) is 0 Å². The topological polar surface area (TPSA) is 67.9 Å². The Kier molecular flexibility index (Phi) is 4.92.